The van der Waals surface area contributed by atoms with Gasteiger partial charge >= 0.3 is 0 Å². The van der Waals surface area contributed by atoms with Gasteiger partial charge in [-0.1, -0.05) is 48.5 Å². The number of rotatable bonds is 10. The topological polar surface area (TPSA) is 9.23 Å². The van der Waals surface area contributed by atoms with E-state index in [-0.39, 0.29) is 11.8 Å². The predicted molar refractivity (Wildman–Crippen MR) is 139 cm³/mol. The largest absolute Gasteiger partial charge is 0.371 e. The van der Waals surface area contributed by atoms with Gasteiger partial charge in [-0.2, -0.15) is 0 Å². The van der Waals surface area contributed by atoms with E-state index in [9.17, 15) is 17.6 Å². The zero-order valence-corrected chi connectivity index (χ0v) is 21.1. The van der Waals surface area contributed by atoms with Crippen molar-refractivity contribution in [2.45, 2.75) is 24.0 Å². The lowest BCUT2D eigenvalue weighted by Gasteiger charge is -2.34. The van der Waals surface area contributed by atoms with Crippen molar-refractivity contribution >= 4 is 23.2 Å². The van der Waals surface area contributed by atoms with Crippen LogP contribution in [0, 0.1) is 23.3 Å². The van der Waals surface area contributed by atoms with E-state index in [2.05, 4.69) is 0 Å². The van der Waals surface area contributed by atoms with Crippen molar-refractivity contribution in [3.63, 3.8) is 0 Å². The molecule has 2 atom stereocenters. The summed E-state index contributed by atoms with van der Waals surface area (Å²) in [4.78, 5) is 0. The second-order valence-electron chi connectivity index (χ2n) is 8.68. The van der Waals surface area contributed by atoms with Gasteiger partial charge in [0.2, 0.25) is 0 Å². The zero-order valence-electron chi connectivity index (χ0n) is 19.6. The Kier molecular flexibility index (Phi) is 9.25. The molecule has 37 heavy (non-hydrogen) atoms. The molecule has 2 unspecified atom stereocenters. The number of halogens is 6. The van der Waals surface area contributed by atoms with E-state index in [1.54, 1.807) is 48.5 Å². The standard InChI is InChI=1S/C30H24Cl2F4O/c31-17-27(29(19-1-9-23(33)10-2-19)20-3-11-24(34)12-4-20)37-28(18-32)30(21-5-13-25(35)14-6-21)22-7-15-26(36)16-8-22/h1-16,27-30H,17-18H2. The summed E-state index contributed by atoms with van der Waals surface area (Å²) in [6, 6.07) is 23.9. The van der Waals surface area contributed by atoms with Gasteiger partial charge in [0.1, 0.15) is 23.3 Å². The third-order valence-electron chi connectivity index (χ3n) is 6.31. The van der Waals surface area contributed by atoms with Crippen LogP contribution in [0.3, 0.4) is 0 Å². The van der Waals surface area contributed by atoms with Gasteiger partial charge in [-0.3, -0.25) is 0 Å². The molecule has 0 aliphatic rings. The maximum atomic E-state index is 13.7. The molecule has 0 bridgehead atoms. The van der Waals surface area contributed by atoms with Gasteiger partial charge in [0.15, 0.2) is 0 Å². The fraction of sp³-hybridized carbons (Fsp3) is 0.200. The monoisotopic (exact) mass is 546 g/mol. The molecule has 0 radical (unpaired) electrons. The highest BCUT2D eigenvalue weighted by molar-refractivity contribution is 6.18. The molecular formula is C30H24Cl2F4O. The van der Waals surface area contributed by atoms with Crippen molar-refractivity contribution in [3.05, 3.63) is 143 Å². The minimum Gasteiger partial charge on any atom is -0.371 e. The van der Waals surface area contributed by atoms with Crippen molar-refractivity contribution in [1.82, 2.24) is 0 Å². The number of hydrogen-bond acceptors (Lipinski definition) is 1. The summed E-state index contributed by atoms with van der Waals surface area (Å²) >= 11 is 12.9. The summed E-state index contributed by atoms with van der Waals surface area (Å²) in [5, 5.41) is 0. The summed E-state index contributed by atoms with van der Waals surface area (Å²) in [6.45, 7) is 0. The number of alkyl halides is 2. The first kappa shape index (κ1) is 27.2. The molecule has 1 nitrogen and oxygen atoms in total. The maximum Gasteiger partial charge on any atom is 0.123 e. The number of ether oxygens (including phenoxy) is 1. The Balaban J connectivity index is 1.75. The number of hydrogen-bond donors (Lipinski definition) is 0. The van der Waals surface area contributed by atoms with Crippen LogP contribution in [0.4, 0.5) is 17.6 Å². The van der Waals surface area contributed by atoms with Crippen LogP contribution in [0.15, 0.2) is 97.1 Å². The molecular weight excluding hydrogens is 523 g/mol. The summed E-state index contributed by atoms with van der Waals surface area (Å²) in [7, 11) is 0. The summed E-state index contributed by atoms with van der Waals surface area (Å²) in [5.74, 6) is -2.41. The lowest BCUT2D eigenvalue weighted by atomic mass is 9.85. The normalized spacial score (nSPS) is 13.2. The van der Waals surface area contributed by atoms with E-state index in [0.29, 0.717) is 0 Å². The van der Waals surface area contributed by atoms with Crippen LogP contribution in [-0.2, 0) is 4.74 Å². The van der Waals surface area contributed by atoms with Crippen molar-refractivity contribution in [2.75, 3.05) is 11.8 Å². The maximum absolute atomic E-state index is 13.7. The lowest BCUT2D eigenvalue weighted by molar-refractivity contribution is -0.00429. The Morgan fingerprint density at radius 2 is 0.649 bits per heavy atom. The van der Waals surface area contributed by atoms with Gasteiger partial charge in [-0.15, -0.1) is 23.2 Å². The third kappa shape index (κ3) is 6.72. The van der Waals surface area contributed by atoms with E-state index in [1.807, 2.05) is 0 Å². The molecule has 4 rings (SSSR count). The Morgan fingerprint density at radius 1 is 0.432 bits per heavy atom. The highest BCUT2D eigenvalue weighted by Gasteiger charge is 2.33. The molecule has 7 heteroatoms. The molecule has 192 valence electrons. The Bertz CT molecular complexity index is 1070. The summed E-state index contributed by atoms with van der Waals surface area (Å²) in [6.07, 6.45) is -1.30. The molecule has 0 saturated heterocycles. The van der Waals surface area contributed by atoms with Crippen molar-refractivity contribution in [1.29, 1.82) is 0 Å². The Hall–Kier alpha value is -2.86. The Labute approximate surface area is 223 Å². The predicted octanol–water partition coefficient (Wildman–Crippen LogP) is 8.44. The second-order valence-corrected chi connectivity index (χ2v) is 9.30. The molecule has 0 aliphatic carbocycles. The van der Waals surface area contributed by atoms with Gasteiger partial charge in [-0.05, 0) is 70.8 Å². The van der Waals surface area contributed by atoms with Crippen LogP contribution in [0.2, 0.25) is 0 Å². The molecule has 0 aromatic heterocycles. The second kappa shape index (κ2) is 12.6. The van der Waals surface area contributed by atoms with Crippen molar-refractivity contribution in [2.24, 2.45) is 0 Å². The fourth-order valence-corrected chi connectivity index (χ4v) is 5.06. The molecule has 0 heterocycles. The van der Waals surface area contributed by atoms with E-state index in [4.69, 9.17) is 27.9 Å². The molecule has 0 fully saturated rings. The SMILES string of the molecule is Fc1ccc(C(c2ccc(F)cc2)C(CCl)OC(CCl)C(c2ccc(F)cc2)c2ccc(F)cc2)cc1. The smallest absolute Gasteiger partial charge is 0.123 e. The molecule has 0 aliphatic heterocycles. The average molecular weight is 547 g/mol. The summed E-state index contributed by atoms with van der Waals surface area (Å²) in [5.41, 5.74) is 2.92. The first-order chi connectivity index (χ1) is 17.9. The van der Waals surface area contributed by atoms with E-state index < -0.39 is 47.3 Å². The fourth-order valence-electron chi connectivity index (χ4n) is 4.56. The first-order valence-electron chi connectivity index (χ1n) is 11.7. The highest BCUT2D eigenvalue weighted by Crippen LogP contribution is 2.36. The van der Waals surface area contributed by atoms with Crippen molar-refractivity contribution in [3.8, 4) is 0 Å². The number of benzene rings is 4. The zero-order chi connectivity index (χ0) is 26.4. The molecule has 4 aromatic carbocycles. The molecule has 4 aromatic rings. The van der Waals surface area contributed by atoms with Crippen LogP contribution in [0.5, 0.6) is 0 Å². The minimum atomic E-state index is -0.648. The van der Waals surface area contributed by atoms with Gasteiger partial charge < -0.3 is 4.74 Å². The highest BCUT2D eigenvalue weighted by atomic mass is 35.5. The average Bonchev–Trinajstić information content (AvgIpc) is 2.91. The molecule has 0 spiro atoms. The van der Waals surface area contributed by atoms with Crippen LogP contribution in [0.1, 0.15) is 34.1 Å². The lowest BCUT2D eigenvalue weighted by Crippen LogP contribution is -2.35. The molecule has 0 amide bonds. The van der Waals surface area contributed by atoms with E-state index in [1.165, 1.54) is 48.5 Å². The van der Waals surface area contributed by atoms with Gasteiger partial charge in [0.05, 0.1) is 12.2 Å². The Morgan fingerprint density at radius 3 is 0.838 bits per heavy atom. The minimum absolute atomic E-state index is 0.0480. The van der Waals surface area contributed by atoms with Crippen LogP contribution < -0.4 is 0 Å². The van der Waals surface area contributed by atoms with Gasteiger partial charge in [-0.25, -0.2) is 17.6 Å². The van der Waals surface area contributed by atoms with Gasteiger partial charge in [0.25, 0.3) is 0 Å². The van der Waals surface area contributed by atoms with Crippen molar-refractivity contribution < 1.29 is 22.3 Å². The van der Waals surface area contributed by atoms with E-state index >= 15 is 0 Å². The van der Waals surface area contributed by atoms with Gasteiger partial charge in [0, 0.05) is 23.6 Å². The van der Waals surface area contributed by atoms with Crippen LogP contribution in [0.25, 0.3) is 0 Å². The third-order valence-corrected chi connectivity index (χ3v) is 6.92. The van der Waals surface area contributed by atoms with Crippen LogP contribution in [-0.4, -0.2) is 24.0 Å². The summed E-state index contributed by atoms with van der Waals surface area (Å²) < 4.78 is 61.4. The molecule has 0 N–H and O–H groups in total. The van der Waals surface area contributed by atoms with E-state index in [0.717, 1.165) is 22.3 Å². The first-order valence-corrected chi connectivity index (χ1v) is 12.8. The quantitative estimate of drug-likeness (QED) is 0.143. The van der Waals surface area contributed by atoms with Crippen LogP contribution >= 0.6 is 23.2 Å². The molecule has 0 saturated carbocycles.